The molecule has 12 amide bonds. The Morgan fingerprint density at radius 3 is 1.08 bits per heavy atom. The molecule has 29 nitrogen and oxygen atoms in total. The monoisotopic (exact) mass is 2000 g/mol. The van der Waals surface area contributed by atoms with Crippen LogP contribution in [0.5, 0.6) is 0 Å². The van der Waals surface area contributed by atoms with Crippen LogP contribution in [0.2, 0.25) is 0 Å². The number of aliphatic hydroxyl groups is 1. The third-order valence-electron chi connectivity index (χ3n) is 25.3. The third-order valence-corrected chi connectivity index (χ3v) is 25.3. The molecule has 10 rings (SSSR count). The molecule has 1 atom stereocenters. The third kappa shape index (κ3) is 68.3. The minimum Gasteiger partial charge on any atom is -0.393 e. The van der Waals surface area contributed by atoms with Crippen LogP contribution in [0.1, 0.15) is 336 Å². The first-order valence-corrected chi connectivity index (χ1v) is 53.9. The summed E-state index contributed by atoms with van der Waals surface area (Å²) in [5.74, 6) is 5.57. The van der Waals surface area contributed by atoms with E-state index in [1.807, 2.05) is 197 Å². The summed E-state index contributed by atoms with van der Waals surface area (Å²) in [6, 6.07) is 16.3. The summed E-state index contributed by atoms with van der Waals surface area (Å²) in [7, 11) is 3.95. The summed E-state index contributed by atoms with van der Waals surface area (Å²) in [6.45, 7) is 62.6. The molecule has 3 aromatic rings. The Labute approximate surface area is 857 Å². The van der Waals surface area contributed by atoms with Crippen molar-refractivity contribution in [1.82, 2.24) is 83.2 Å². The zero-order chi connectivity index (χ0) is 108. The lowest BCUT2D eigenvalue weighted by Crippen LogP contribution is -2.47. The van der Waals surface area contributed by atoms with Crippen LogP contribution in [-0.2, 0) is 77.2 Å². The zero-order valence-electron chi connectivity index (χ0n) is 93.4. The molecule has 5 saturated carbocycles. The lowest BCUT2D eigenvalue weighted by atomic mass is 9.82. The smallest absolute Gasteiger partial charge is 0.224 e. The predicted molar refractivity (Wildman–Crippen MR) is 573 cm³/mol. The zero-order valence-corrected chi connectivity index (χ0v) is 93.4. The van der Waals surface area contributed by atoms with Gasteiger partial charge in [0.25, 0.3) is 0 Å². The summed E-state index contributed by atoms with van der Waals surface area (Å²) >= 11 is 0. The van der Waals surface area contributed by atoms with Crippen molar-refractivity contribution in [3.8, 4) is 0 Å². The van der Waals surface area contributed by atoms with Crippen molar-refractivity contribution in [1.29, 1.82) is 0 Å². The van der Waals surface area contributed by atoms with Gasteiger partial charge < -0.3 is 78.3 Å². The first-order chi connectivity index (χ1) is 66.9. The highest BCUT2D eigenvalue weighted by Crippen LogP contribution is 2.29. The van der Waals surface area contributed by atoms with Crippen LogP contribution in [0, 0.1) is 114 Å². The Morgan fingerprint density at radius 2 is 0.725 bits per heavy atom. The fourth-order valence-electron chi connectivity index (χ4n) is 14.5. The number of aromatic nitrogens is 2. The molecule has 2 aliphatic heterocycles. The average molecular weight is 2000 g/mol. The lowest BCUT2D eigenvalue weighted by Gasteiger charge is -2.31. The summed E-state index contributed by atoms with van der Waals surface area (Å²) < 4.78 is 12.5. The van der Waals surface area contributed by atoms with E-state index in [2.05, 4.69) is 99.1 Å². The maximum Gasteiger partial charge on any atom is 0.224 e. The standard InChI is InChI=1S/C11H14FNO.C11H22N2O.2C11H16N2O.C11H21NO.C10H18N2O2.C10H22N2O.2C10H19NO.C9H17NO2.C8H15NO/c1-8(2)11(14)13-7-9-3-5-10(12)6-4-9;1-9(2)11(14)12-8-10-4-6-13(3)7-5-10;1-8(2)11(14)13-7-10-5-4-9(3)6-12-10;1-8(2)11(14)12-7-10-6-4-5-9(3)13-10;1-9(2)11(13)12-8-10-6-4-3-5-7-10;1-7(2)10(14)11-8-4-5-12(3)9(13)6-8;1-5-12(6-2)8-7-11-10(13)9(3)4;1-8(2)10(12)11-7-9-5-3-4-6-9;1-8(2)10(12)11-9-6-4-3-5-7-9;1-6(2)9(12)10-5-7-3-8(11)4-7;1-6(2)8(10)9-5-7-3-4-7/h3-6,8H,7H2,1-2H3,(H,13,14);9-10H,4-8H2,1-3H3,(H,12,14);4-6,8H,7H2,1-3H3,(H,13,14);4-6,8H,7H2,1-3H3,(H,12,14);9-10H,3-8H2,1-2H3,(H,12,13);7-8H,4-6H2,1-3H3,(H,11,14);9H,5-8H2,1-4H3,(H,11,13);2*8-9H,3-7H2,1-2H3,(H,11,12);6-8,11H,3-5H2,1-2H3,(H,10,12);6-7H,3-5H2,1-2H3,(H,9,10). The number of aryl methyl sites for hydroxylation is 2. The summed E-state index contributed by atoms with van der Waals surface area (Å²) in [4.78, 5) is 150. The largest absolute Gasteiger partial charge is 0.393 e. The van der Waals surface area contributed by atoms with Gasteiger partial charge in [0.05, 0.1) is 30.6 Å². The number of hydrogen-bond donors (Lipinski definition) is 12. The number of rotatable bonds is 34. The first kappa shape index (κ1) is 133. The Balaban J connectivity index is 0.00000154. The SMILES string of the molecule is CC(C)C(=O)NC1CCCCC1.CC(C)C(=O)NC1CCN(C)C(=O)C1.CC(C)C(=O)NCC1CC(O)C1.CC(C)C(=O)NCC1CC1.CC(C)C(=O)NCC1CCCC1.CC(C)C(=O)NCC1CCCCC1.CC(C)C(=O)NCC1CCN(C)CC1.CC(C)C(=O)NCc1ccc(F)cc1.CCN(CC)CCNC(=O)C(C)C.Cc1ccc(CNC(=O)C(C)C)nc1.Cc1cccc(CNC(=O)C(C)C)n1. The minimum atomic E-state index is -0.260. The van der Waals surface area contributed by atoms with Crippen molar-refractivity contribution < 1.29 is 67.0 Å². The Morgan fingerprint density at radius 1 is 0.380 bits per heavy atom. The fourth-order valence-corrected chi connectivity index (χ4v) is 14.5. The van der Waals surface area contributed by atoms with Gasteiger partial charge in [-0.25, -0.2) is 4.39 Å². The molecule has 0 bridgehead atoms. The highest BCUT2D eigenvalue weighted by atomic mass is 19.1. The van der Waals surface area contributed by atoms with Crippen LogP contribution < -0.4 is 58.5 Å². The van der Waals surface area contributed by atoms with Crippen molar-refractivity contribution in [2.75, 3.05) is 92.6 Å². The maximum atomic E-state index is 12.5. The van der Waals surface area contributed by atoms with Gasteiger partial charge in [0.2, 0.25) is 70.9 Å². The van der Waals surface area contributed by atoms with E-state index in [1.165, 1.54) is 141 Å². The molecule has 2 saturated heterocycles. The van der Waals surface area contributed by atoms with E-state index in [1.54, 1.807) is 30.3 Å². The van der Waals surface area contributed by atoms with Crippen molar-refractivity contribution >= 4 is 70.9 Å². The van der Waals surface area contributed by atoms with Gasteiger partial charge in [-0.3, -0.25) is 67.5 Å². The molecule has 30 heteroatoms. The number of carbonyl (C=O) groups is 12. The number of hydrogen-bond acceptors (Lipinski definition) is 17. The number of nitrogens with zero attached hydrogens (tertiary/aromatic N) is 5. The van der Waals surface area contributed by atoms with E-state index >= 15 is 0 Å². The molecule has 1 aromatic carbocycles. The van der Waals surface area contributed by atoms with Gasteiger partial charge in [0.15, 0.2) is 0 Å². The predicted octanol–water partition coefficient (Wildman–Crippen LogP) is 16.1. The number of amides is 12. The number of carbonyl (C=O) groups excluding carboxylic acids is 12. The number of likely N-dealkylation sites (N-methyl/N-ethyl adjacent to an activating group) is 1. The highest BCUT2D eigenvalue weighted by Gasteiger charge is 2.29. The molecule has 5 aliphatic carbocycles. The maximum absolute atomic E-state index is 12.5. The fraction of sp³-hybridized carbons (Fsp3) is 0.750. The lowest BCUT2D eigenvalue weighted by molar-refractivity contribution is -0.134. The number of aliphatic hydroxyl groups excluding tert-OH is 1. The van der Waals surface area contributed by atoms with E-state index < -0.39 is 0 Å². The second kappa shape index (κ2) is 77.4. The number of benzene rings is 1. The molecular formula is C112H199FN16O13. The molecule has 0 spiro atoms. The number of likely N-dealkylation sites (tertiary alicyclic amines) is 2. The van der Waals surface area contributed by atoms with E-state index in [0.717, 1.165) is 131 Å². The molecule has 142 heavy (non-hydrogen) atoms. The molecule has 1 unspecified atom stereocenters. The Hall–Kier alpha value is -9.03. The average Bonchev–Trinajstić information content (AvgIpc) is 1.30. The van der Waals surface area contributed by atoms with Crippen molar-refractivity contribution in [2.24, 2.45) is 94.7 Å². The normalized spacial score (nSPS) is 16.8. The molecular weight excluding hydrogens is 1800 g/mol. The highest BCUT2D eigenvalue weighted by molar-refractivity contribution is 5.83. The number of halogens is 1. The Kier molecular flexibility index (Phi) is 72.5. The van der Waals surface area contributed by atoms with E-state index in [0.29, 0.717) is 43.9 Å². The van der Waals surface area contributed by atoms with Crippen LogP contribution in [0.4, 0.5) is 4.39 Å². The quantitative estimate of drug-likeness (QED) is 0.0264. The van der Waals surface area contributed by atoms with E-state index in [-0.39, 0.29) is 154 Å². The van der Waals surface area contributed by atoms with Gasteiger partial charge in [-0.1, -0.05) is 242 Å². The van der Waals surface area contributed by atoms with E-state index in [4.69, 9.17) is 5.11 Å². The molecule has 7 aliphatic rings. The topological polar surface area (TPSA) is 393 Å². The number of nitrogens with one attached hydrogen (secondary N) is 11. The van der Waals surface area contributed by atoms with Gasteiger partial charge in [0, 0.05) is 161 Å². The molecule has 7 fully saturated rings. The van der Waals surface area contributed by atoms with Crippen molar-refractivity contribution in [2.45, 2.75) is 359 Å². The van der Waals surface area contributed by atoms with Crippen molar-refractivity contribution in [3.05, 3.63) is 94.8 Å². The van der Waals surface area contributed by atoms with Gasteiger partial charge in [0.1, 0.15) is 5.82 Å². The van der Waals surface area contributed by atoms with Crippen LogP contribution in [0.25, 0.3) is 0 Å². The van der Waals surface area contributed by atoms with Gasteiger partial charge >= 0.3 is 0 Å². The molecule has 2 aromatic heterocycles. The summed E-state index contributed by atoms with van der Waals surface area (Å²) in [6.07, 6.45) is 28.0. The number of piperidine rings is 2. The molecule has 4 heterocycles. The summed E-state index contributed by atoms with van der Waals surface area (Å²) in [5, 5.41) is 41.0. The van der Waals surface area contributed by atoms with Crippen LogP contribution >= 0.6 is 0 Å². The molecule has 812 valence electrons. The molecule has 12 N–H and O–H groups in total. The number of pyridine rings is 2. The van der Waals surface area contributed by atoms with Crippen LogP contribution in [-0.4, -0.2) is 211 Å². The van der Waals surface area contributed by atoms with Crippen LogP contribution in [0.15, 0.2) is 60.8 Å². The Bertz CT molecular complexity index is 3890. The van der Waals surface area contributed by atoms with Gasteiger partial charge in [-0.2, -0.15) is 0 Å². The minimum absolute atomic E-state index is 0.00863. The second-order valence-corrected chi connectivity index (χ2v) is 42.8. The van der Waals surface area contributed by atoms with Gasteiger partial charge in [-0.05, 0) is 202 Å². The van der Waals surface area contributed by atoms with E-state index in [9.17, 15) is 61.9 Å². The first-order valence-electron chi connectivity index (χ1n) is 53.9. The second-order valence-electron chi connectivity index (χ2n) is 42.8. The summed E-state index contributed by atoms with van der Waals surface area (Å²) in [5.41, 5.74) is 4.80. The van der Waals surface area contributed by atoms with Crippen molar-refractivity contribution in [3.63, 3.8) is 0 Å². The molecule has 0 radical (unpaired) electrons. The van der Waals surface area contributed by atoms with Gasteiger partial charge in [-0.15, -0.1) is 0 Å². The van der Waals surface area contributed by atoms with Crippen LogP contribution in [0.3, 0.4) is 0 Å².